The van der Waals surface area contributed by atoms with Crippen LogP contribution in [0.2, 0.25) is 5.15 Å². The molecule has 1 rings (SSSR count). The number of hydrogen-bond acceptors (Lipinski definition) is 2. The number of rotatable bonds is 1. The summed E-state index contributed by atoms with van der Waals surface area (Å²) in [6, 6.07) is 3.35. The molecule has 0 spiro atoms. The van der Waals surface area contributed by atoms with Crippen molar-refractivity contribution in [2.45, 2.75) is 0 Å². The Morgan fingerprint density at radius 3 is 2.80 bits per heavy atom. The van der Waals surface area contributed by atoms with E-state index in [0.29, 0.717) is 16.6 Å². The predicted molar refractivity (Wildman–Crippen MR) is 40.3 cm³/mol. The van der Waals surface area contributed by atoms with Gasteiger partial charge in [0.1, 0.15) is 10.9 Å². The van der Waals surface area contributed by atoms with Crippen molar-refractivity contribution < 1.29 is 4.74 Å². The van der Waals surface area contributed by atoms with E-state index in [-0.39, 0.29) is 0 Å². The molecular formula is C7H7ClNO. The standard InChI is InChI=1S/C7H7ClNO/c1-5-3-6(10-2)4-7(8)9-5/h3-4H,1H2,2H3. The molecule has 0 aliphatic carbocycles. The highest BCUT2D eigenvalue weighted by Crippen LogP contribution is 2.15. The Balaban J connectivity index is 3.06. The van der Waals surface area contributed by atoms with Gasteiger partial charge in [0, 0.05) is 17.8 Å². The number of pyridine rings is 1. The summed E-state index contributed by atoms with van der Waals surface area (Å²) in [6.45, 7) is 3.61. The molecule has 0 aliphatic heterocycles. The first-order valence-corrected chi connectivity index (χ1v) is 3.13. The van der Waals surface area contributed by atoms with Crippen molar-refractivity contribution in [2.75, 3.05) is 7.11 Å². The van der Waals surface area contributed by atoms with Gasteiger partial charge in [-0.3, -0.25) is 0 Å². The molecule has 3 heteroatoms. The lowest BCUT2D eigenvalue weighted by Gasteiger charge is -1.99. The first-order valence-electron chi connectivity index (χ1n) is 2.76. The minimum Gasteiger partial charge on any atom is -0.497 e. The molecule has 1 aromatic rings. The highest BCUT2D eigenvalue weighted by Gasteiger charge is 1.95. The Morgan fingerprint density at radius 1 is 1.60 bits per heavy atom. The summed E-state index contributed by atoms with van der Waals surface area (Å²) < 4.78 is 4.91. The maximum Gasteiger partial charge on any atom is 0.133 e. The molecule has 0 aromatic carbocycles. The fourth-order valence-electron chi connectivity index (χ4n) is 0.643. The third-order valence-corrected chi connectivity index (χ3v) is 1.25. The van der Waals surface area contributed by atoms with E-state index in [9.17, 15) is 0 Å². The lowest BCUT2D eigenvalue weighted by Crippen LogP contribution is -1.86. The van der Waals surface area contributed by atoms with E-state index >= 15 is 0 Å². The van der Waals surface area contributed by atoms with Gasteiger partial charge in [-0.2, -0.15) is 0 Å². The van der Waals surface area contributed by atoms with Crippen LogP contribution >= 0.6 is 11.6 Å². The zero-order chi connectivity index (χ0) is 7.56. The maximum atomic E-state index is 5.60. The van der Waals surface area contributed by atoms with Gasteiger partial charge in [0.25, 0.3) is 0 Å². The molecule has 10 heavy (non-hydrogen) atoms. The van der Waals surface area contributed by atoms with Crippen LogP contribution in [0.1, 0.15) is 5.69 Å². The van der Waals surface area contributed by atoms with E-state index in [1.165, 1.54) is 0 Å². The lowest BCUT2D eigenvalue weighted by atomic mass is 10.4. The number of methoxy groups -OCH3 is 1. The van der Waals surface area contributed by atoms with E-state index in [2.05, 4.69) is 11.9 Å². The van der Waals surface area contributed by atoms with Gasteiger partial charge in [0.2, 0.25) is 0 Å². The number of halogens is 1. The Bertz CT molecular complexity index is 217. The van der Waals surface area contributed by atoms with Crippen molar-refractivity contribution in [3.63, 3.8) is 0 Å². The first kappa shape index (κ1) is 7.35. The normalized spacial score (nSPS) is 9.50. The van der Waals surface area contributed by atoms with Crippen molar-refractivity contribution in [1.29, 1.82) is 0 Å². The van der Waals surface area contributed by atoms with Crippen LogP contribution in [0.5, 0.6) is 5.75 Å². The van der Waals surface area contributed by atoms with Crippen LogP contribution in [0.15, 0.2) is 12.1 Å². The Morgan fingerprint density at radius 2 is 2.30 bits per heavy atom. The molecule has 0 N–H and O–H groups in total. The molecule has 0 amide bonds. The molecule has 53 valence electrons. The SMILES string of the molecule is [CH2]c1cc(OC)cc(Cl)n1. The molecule has 0 fully saturated rings. The van der Waals surface area contributed by atoms with Gasteiger partial charge >= 0.3 is 0 Å². The largest absolute Gasteiger partial charge is 0.497 e. The molecule has 0 atom stereocenters. The monoisotopic (exact) mass is 156 g/mol. The fourth-order valence-corrected chi connectivity index (χ4v) is 0.859. The molecule has 0 saturated heterocycles. The molecule has 2 nitrogen and oxygen atoms in total. The number of hydrogen-bond donors (Lipinski definition) is 0. The van der Waals surface area contributed by atoms with E-state index in [1.54, 1.807) is 19.2 Å². The van der Waals surface area contributed by atoms with Crippen LogP contribution in [0, 0.1) is 6.92 Å². The Kier molecular flexibility index (Phi) is 2.12. The summed E-state index contributed by atoms with van der Waals surface area (Å²) in [5, 5.41) is 0.407. The van der Waals surface area contributed by atoms with Gasteiger partial charge in [-0.25, -0.2) is 4.98 Å². The smallest absolute Gasteiger partial charge is 0.133 e. The first-order chi connectivity index (χ1) is 4.72. The Hall–Kier alpha value is -0.760. The molecule has 1 radical (unpaired) electrons. The van der Waals surface area contributed by atoms with E-state index in [4.69, 9.17) is 16.3 Å². The maximum absolute atomic E-state index is 5.60. The van der Waals surface area contributed by atoms with Crippen LogP contribution in [0.4, 0.5) is 0 Å². The van der Waals surface area contributed by atoms with Crippen LogP contribution in [-0.4, -0.2) is 12.1 Å². The second-order valence-electron chi connectivity index (χ2n) is 1.82. The van der Waals surface area contributed by atoms with E-state index in [0.717, 1.165) is 0 Å². The fraction of sp³-hybridized carbons (Fsp3) is 0.143. The average molecular weight is 157 g/mol. The molecule has 0 bridgehead atoms. The number of nitrogens with zero attached hydrogens (tertiary/aromatic N) is 1. The minimum absolute atomic E-state index is 0.407. The van der Waals surface area contributed by atoms with Gasteiger partial charge in [-0.05, 0) is 6.92 Å². The van der Waals surface area contributed by atoms with Gasteiger partial charge < -0.3 is 4.74 Å². The van der Waals surface area contributed by atoms with Crippen LogP contribution < -0.4 is 4.74 Å². The average Bonchev–Trinajstić information content (AvgIpc) is 1.85. The second-order valence-corrected chi connectivity index (χ2v) is 2.21. The Labute approximate surface area is 64.8 Å². The summed E-state index contributed by atoms with van der Waals surface area (Å²) in [5.41, 5.74) is 0.615. The van der Waals surface area contributed by atoms with Gasteiger partial charge in [0.05, 0.1) is 7.11 Å². The zero-order valence-corrected chi connectivity index (χ0v) is 6.35. The highest BCUT2D eigenvalue weighted by molar-refractivity contribution is 6.29. The summed E-state index contributed by atoms with van der Waals surface area (Å²) >= 11 is 5.60. The van der Waals surface area contributed by atoms with Gasteiger partial charge in [-0.1, -0.05) is 11.6 Å². The molecule has 1 heterocycles. The number of aromatic nitrogens is 1. The molecular weight excluding hydrogens is 150 g/mol. The third kappa shape index (κ3) is 1.61. The predicted octanol–water partition coefficient (Wildman–Crippen LogP) is 1.93. The van der Waals surface area contributed by atoms with Crippen molar-refractivity contribution in [3.8, 4) is 5.75 Å². The topological polar surface area (TPSA) is 22.1 Å². The molecule has 0 unspecified atom stereocenters. The minimum atomic E-state index is 0.407. The quantitative estimate of drug-likeness (QED) is 0.580. The second kappa shape index (κ2) is 2.88. The van der Waals surface area contributed by atoms with Crippen molar-refractivity contribution in [1.82, 2.24) is 4.98 Å². The van der Waals surface area contributed by atoms with Crippen molar-refractivity contribution >= 4 is 11.6 Å². The summed E-state index contributed by atoms with van der Waals surface area (Å²) in [7, 11) is 1.57. The van der Waals surface area contributed by atoms with Crippen molar-refractivity contribution in [2.24, 2.45) is 0 Å². The lowest BCUT2D eigenvalue weighted by molar-refractivity contribution is 0.414. The third-order valence-electron chi connectivity index (χ3n) is 1.06. The van der Waals surface area contributed by atoms with Crippen LogP contribution in [0.3, 0.4) is 0 Å². The highest BCUT2D eigenvalue weighted by atomic mass is 35.5. The molecule has 1 aromatic heterocycles. The molecule has 0 aliphatic rings. The van der Waals surface area contributed by atoms with Crippen molar-refractivity contribution in [3.05, 3.63) is 29.9 Å². The van der Waals surface area contributed by atoms with Crippen LogP contribution in [0.25, 0.3) is 0 Å². The van der Waals surface area contributed by atoms with E-state index < -0.39 is 0 Å². The summed E-state index contributed by atoms with van der Waals surface area (Å²) in [4.78, 5) is 3.86. The summed E-state index contributed by atoms with van der Waals surface area (Å²) in [6.07, 6.45) is 0. The summed E-state index contributed by atoms with van der Waals surface area (Å²) in [5.74, 6) is 0.685. The van der Waals surface area contributed by atoms with Crippen LogP contribution in [-0.2, 0) is 0 Å². The zero-order valence-electron chi connectivity index (χ0n) is 5.60. The number of ether oxygens (including phenoxy) is 1. The van der Waals surface area contributed by atoms with Gasteiger partial charge in [0.15, 0.2) is 0 Å². The molecule has 0 saturated carbocycles. The van der Waals surface area contributed by atoms with E-state index in [1.807, 2.05) is 0 Å². The van der Waals surface area contributed by atoms with Gasteiger partial charge in [-0.15, -0.1) is 0 Å².